The Hall–Kier alpha value is -2.90. The van der Waals surface area contributed by atoms with Gasteiger partial charge in [0.2, 0.25) is 11.8 Å². The minimum absolute atomic E-state index is 0.200. The zero-order valence-electron chi connectivity index (χ0n) is 14.3. The summed E-state index contributed by atoms with van der Waals surface area (Å²) >= 11 is 0. The van der Waals surface area contributed by atoms with Crippen molar-refractivity contribution in [1.82, 2.24) is 4.90 Å². The molecule has 0 aliphatic carbocycles. The van der Waals surface area contributed by atoms with Crippen LogP contribution in [0.2, 0.25) is 0 Å². The summed E-state index contributed by atoms with van der Waals surface area (Å²) in [5.41, 5.74) is -0.140. The Labute approximate surface area is 152 Å². The molecule has 0 radical (unpaired) electrons. The van der Waals surface area contributed by atoms with Gasteiger partial charge in [0.05, 0.1) is 5.56 Å². The number of rotatable bonds is 3. The molecule has 2 amide bonds. The van der Waals surface area contributed by atoms with E-state index in [1.807, 2.05) is 0 Å². The van der Waals surface area contributed by atoms with Crippen LogP contribution in [0.4, 0.5) is 23.2 Å². The number of benzene rings is 2. The molecule has 2 aromatic rings. The number of hydrogen-bond acceptors (Lipinski definition) is 2. The minimum Gasteiger partial charge on any atom is -0.344 e. The lowest BCUT2D eigenvalue weighted by Crippen LogP contribution is -2.32. The summed E-state index contributed by atoms with van der Waals surface area (Å²) in [6.07, 6.45) is -4.46. The second-order valence-corrected chi connectivity index (χ2v) is 6.42. The number of amides is 2. The van der Waals surface area contributed by atoms with E-state index in [9.17, 15) is 27.2 Å². The van der Waals surface area contributed by atoms with Gasteiger partial charge in [0, 0.05) is 25.2 Å². The topological polar surface area (TPSA) is 49.4 Å². The van der Waals surface area contributed by atoms with Gasteiger partial charge in [0.15, 0.2) is 0 Å². The summed E-state index contributed by atoms with van der Waals surface area (Å²) in [7, 11) is 1.52. The highest BCUT2D eigenvalue weighted by molar-refractivity contribution is 6.08. The Bertz CT molecular complexity index is 865. The molecule has 2 aromatic carbocycles. The smallest absolute Gasteiger partial charge is 0.344 e. The van der Waals surface area contributed by atoms with Gasteiger partial charge in [-0.25, -0.2) is 4.39 Å². The van der Waals surface area contributed by atoms with Crippen molar-refractivity contribution >= 4 is 17.5 Å². The SMILES string of the molecule is CN1C[C@@H](c2ccc(C(F)(F)F)cc2)[C@H](C(=O)Nc2cccc(F)c2)C1=O. The first-order chi connectivity index (χ1) is 12.7. The van der Waals surface area contributed by atoms with E-state index in [0.717, 1.165) is 18.2 Å². The number of likely N-dealkylation sites (tertiary alicyclic amines) is 1. The van der Waals surface area contributed by atoms with Crippen molar-refractivity contribution in [1.29, 1.82) is 0 Å². The van der Waals surface area contributed by atoms with Crippen molar-refractivity contribution in [3.8, 4) is 0 Å². The maximum atomic E-state index is 13.3. The van der Waals surface area contributed by atoms with Gasteiger partial charge >= 0.3 is 6.18 Å². The number of alkyl halides is 3. The van der Waals surface area contributed by atoms with Gasteiger partial charge < -0.3 is 10.2 Å². The Kier molecular flexibility index (Phi) is 4.91. The van der Waals surface area contributed by atoms with Crippen molar-refractivity contribution in [3.63, 3.8) is 0 Å². The number of hydrogen-bond donors (Lipinski definition) is 1. The lowest BCUT2D eigenvalue weighted by molar-refractivity contribution is -0.138. The van der Waals surface area contributed by atoms with Crippen LogP contribution in [0.3, 0.4) is 0 Å². The fourth-order valence-corrected chi connectivity index (χ4v) is 3.20. The summed E-state index contributed by atoms with van der Waals surface area (Å²) < 4.78 is 51.5. The van der Waals surface area contributed by atoms with Crippen LogP contribution in [0.5, 0.6) is 0 Å². The number of nitrogens with one attached hydrogen (secondary N) is 1. The monoisotopic (exact) mass is 380 g/mol. The third-order valence-corrected chi connectivity index (χ3v) is 4.56. The second-order valence-electron chi connectivity index (χ2n) is 6.42. The Morgan fingerprint density at radius 2 is 1.81 bits per heavy atom. The average molecular weight is 380 g/mol. The highest BCUT2D eigenvalue weighted by atomic mass is 19.4. The molecule has 0 saturated carbocycles. The molecular formula is C19H16F4N2O2. The lowest BCUT2D eigenvalue weighted by atomic mass is 9.87. The number of carbonyl (C=O) groups is 2. The highest BCUT2D eigenvalue weighted by Crippen LogP contribution is 2.36. The normalized spacial score (nSPS) is 20.0. The fraction of sp³-hybridized carbons (Fsp3) is 0.263. The largest absolute Gasteiger partial charge is 0.416 e. The van der Waals surface area contributed by atoms with E-state index in [4.69, 9.17) is 0 Å². The number of anilines is 1. The van der Waals surface area contributed by atoms with Gasteiger partial charge in [-0.2, -0.15) is 13.2 Å². The molecule has 27 heavy (non-hydrogen) atoms. The molecule has 1 heterocycles. The first-order valence-corrected chi connectivity index (χ1v) is 8.15. The van der Waals surface area contributed by atoms with Crippen molar-refractivity contribution in [3.05, 3.63) is 65.5 Å². The van der Waals surface area contributed by atoms with Crippen molar-refractivity contribution < 1.29 is 27.2 Å². The standard InChI is InChI=1S/C19H16F4N2O2/c1-25-10-15(11-5-7-12(8-6-11)19(21,22)23)16(18(25)27)17(26)24-14-4-2-3-13(20)9-14/h2-9,15-16H,10H2,1H3,(H,24,26)/t15-,16+/m0/s1. The van der Waals surface area contributed by atoms with Crippen LogP contribution in [0.25, 0.3) is 0 Å². The van der Waals surface area contributed by atoms with Crippen LogP contribution in [0.15, 0.2) is 48.5 Å². The number of likely N-dealkylation sites (N-methyl/N-ethyl adjacent to an activating group) is 1. The molecule has 1 saturated heterocycles. The first-order valence-electron chi connectivity index (χ1n) is 8.15. The zero-order chi connectivity index (χ0) is 19.8. The van der Waals surface area contributed by atoms with Crippen LogP contribution >= 0.6 is 0 Å². The van der Waals surface area contributed by atoms with E-state index in [0.29, 0.717) is 5.56 Å². The summed E-state index contributed by atoms with van der Waals surface area (Å²) in [5, 5.41) is 2.50. The average Bonchev–Trinajstić information content (AvgIpc) is 2.89. The van der Waals surface area contributed by atoms with Gasteiger partial charge in [-0.05, 0) is 35.9 Å². The molecule has 2 atom stereocenters. The molecule has 1 aliphatic heterocycles. The Morgan fingerprint density at radius 1 is 1.15 bits per heavy atom. The molecule has 8 heteroatoms. The van der Waals surface area contributed by atoms with Crippen molar-refractivity contribution in [2.24, 2.45) is 5.92 Å². The first kappa shape index (κ1) is 18.9. The maximum absolute atomic E-state index is 13.3. The molecule has 0 spiro atoms. The molecule has 142 valence electrons. The van der Waals surface area contributed by atoms with E-state index >= 15 is 0 Å². The molecule has 4 nitrogen and oxygen atoms in total. The number of carbonyl (C=O) groups excluding carboxylic acids is 2. The van der Waals surface area contributed by atoms with E-state index in [2.05, 4.69) is 5.32 Å². The molecule has 1 aliphatic rings. The molecule has 0 unspecified atom stereocenters. The van der Waals surface area contributed by atoms with E-state index < -0.39 is 41.2 Å². The van der Waals surface area contributed by atoms with Crippen LogP contribution in [0, 0.1) is 11.7 Å². The third-order valence-electron chi connectivity index (χ3n) is 4.56. The molecular weight excluding hydrogens is 364 g/mol. The Balaban J connectivity index is 1.85. The second kappa shape index (κ2) is 7.02. The minimum atomic E-state index is -4.46. The van der Waals surface area contributed by atoms with Gasteiger partial charge in [0.1, 0.15) is 11.7 Å². The van der Waals surface area contributed by atoms with E-state index in [-0.39, 0.29) is 12.2 Å². The number of nitrogens with zero attached hydrogens (tertiary/aromatic N) is 1. The highest BCUT2D eigenvalue weighted by Gasteiger charge is 2.44. The van der Waals surface area contributed by atoms with Gasteiger partial charge in [-0.1, -0.05) is 18.2 Å². The quantitative estimate of drug-likeness (QED) is 0.653. The number of halogens is 4. The van der Waals surface area contributed by atoms with Crippen LogP contribution in [-0.2, 0) is 15.8 Å². The fourth-order valence-electron chi connectivity index (χ4n) is 3.20. The van der Waals surface area contributed by atoms with Gasteiger partial charge in [-0.3, -0.25) is 9.59 Å². The van der Waals surface area contributed by atoms with Crippen molar-refractivity contribution in [2.75, 3.05) is 18.9 Å². The van der Waals surface area contributed by atoms with Gasteiger partial charge in [0.25, 0.3) is 0 Å². The zero-order valence-corrected chi connectivity index (χ0v) is 14.3. The molecule has 3 rings (SSSR count). The Morgan fingerprint density at radius 3 is 2.41 bits per heavy atom. The van der Waals surface area contributed by atoms with Gasteiger partial charge in [-0.15, -0.1) is 0 Å². The maximum Gasteiger partial charge on any atom is 0.416 e. The predicted molar refractivity (Wildman–Crippen MR) is 90.3 cm³/mol. The molecule has 0 bridgehead atoms. The van der Waals surface area contributed by atoms with Crippen molar-refractivity contribution in [2.45, 2.75) is 12.1 Å². The third kappa shape index (κ3) is 3.94. The molecule has 1 fully saturated rings. The lowest BCUT2D eigenvalue weighted by Gasteiger charge is -2.18. The van der Waals surface area contributed by atoms with E-state index in [1.165, 1.54) is 42.3 Å². The summed E-state index contributed by atoms with van der Waals surface area (Å²) in [5.74, 6) is -3.30. The van der Waals surface area contributed by atoms with Crippen LogP contribution < -0.4 is 5.32 Å². The molecule has 1 N–H and O–H groups in total. The summed E-state index contributed by atoms with van der Waals surface area (Å²) in [6.45, 7) is 0.200. The summed E-state index contributed by atoms with van der Waals surface area (Å²) in [6, 6.07) is 9.66. The predicted octanol–water partition coefficient (Wildman–Crippen LogP) is 3.66. The van der Waals surface area contributed by atoms with Crippen LogP contribution in [0.1, 0.15) is 17.0 Å². The molecule has 0 aromatic heterocycles. The summed E-state index contributed by atoms with van der Waals surface area (Å²) in [4.78, 5) is 26.4. The van der Waals surface area contributed by atoms with E-state index in [1.54, 1.807) is 0 Å². The van der Waals surface area contributed by atoms with Crippen LogP contribution in [-0.4, -0.2) is 30.3 Å².